The van der Waals surface area contributed by atoms with E-state index in [1.165, 1.54) is 10.8 Å². The maximum Gasteiger partial charge on any atom is 0.296 e. The number of morpholine rings is 1. The summed E-state index contributed by atoms with van der Waals surface area (Å²) >= 11 is 0. The third-order valence-corrected chi connectivity index (χ3v) is 5.23. The van der Waals surface area contributed by atoms with E-state index in [-0.39, 0.29) is 24.3 Å². The summed E-state index contributed by atoms with van der Waals surface area (Å²) in [6.45, 7) is 2.10. The largest absolute Gasteiger partial charge is 0.378 e. The minimum Gasteiger partial charge on any atom is -0.378 e. The number of fused-ring (bicyclic) bond motifs is 1. The minimum atomic E-state index is -2.85. The fourth-order valence-corrected chi connectivity index (χ4v) is 3.57. The van der Waals surface area contributed by atoms with Gasteiger partial charge in [0.15, 0.2) is 11.6 Å². The Morgan fingerprint density at radius 1 is 1.03 bits per heavy atom. The predicted octanol–water partition coefficient (Wildman–Crippen LogP) is 0.538. The number of aliphatic imine (C=N–C) groups is 2. The quantitative estimate of drug-likeness (QED) is 0.595. The van der Waals surface area contributed by atoms with Crippen LogP contribution in [-0.4, -0.2) is 69.5 Å². The molecule has 0 bridgehead atoms. The first-order valence-electron chi connectivity index (χ1n) is 9.94. The zero-order chi connectivity index (χ0) is 22.3. The van der Waals surface area contributed by atoms with Crippen LogP contribution in [0, 0.1) is 0 Å². The van der Waals surface area contributed by atoms with Gasteiger partial charge < -0.3 is 21.1 Å². The van der Waals surface area contributed by atoms with Crippen LogP contribution in [0.5, 0.6) is 0 Å². The first kappa shape index (κ1) is 20.3. The zero-order valence-electron chi connectivity index (χ0n) is 16.9. The number of nitrogens with zero attached hydrogens (tertiary/aromatic N) is 8. The summed E-state index contributed by atoms with van der Waals surface area (Å²) in [6, 6.07) is 6.79. The summed E-state index contributed by atoms with van der Waals surface area (Å²) in [7, 11) is 0. The Morgan fingerprint density at radius 3 is 2.50 bits per heavy atom. The van der Waals surface area contributed by atoms with Crippen LogP contribution in [0.3, 0.4) is 0 Å². The lowest BCUT2D eigenvalue weighted by molar-refractivity contribution is 0.122. The Morgan fingerprint density at radius 2 is 1.78 bits per heavy atom. The molecule has 1 fully saturated rings. The van der Waals surface area contributed by atoms with E-state index in [9.17, 15) is 8.78 Å². The number of imidazole rings is 1. The molecule has 1 saturated heterocycles. The van der Waals surface area contributed by atoms with Crippen molar-refractivity contribution in [2.75, 3.05) is 37.7 Å². The molecule has 1 atom stereocenters. The SMILES string of the molecule is NC1=NCC(N)(c2nc(N3CCOCC3)nc(-n3c(C(F)F)nc4ccccc43)n2)C=N1. The van der Waals surface area contributed by atoms with Crippen LogP contribution >= 0.6 is 0 Å². The minimum absolute atomic E-state index is 0.0127. The summed E-state index contributed by atoms with van der Waals surface area (Å²) in [4.78, 5) is 27.6. The number of benzene rings is 1. The van der Waals surface area contributed by atoms with Gasteiger partial charge in [0.05, 0.1) is 30.8 Å². The summed E-state index contributed by atoms with van der Waals surface area (Å²) in [5.41, 5.74) is 11.7. The van der Waals surface area contributed by atoms with Crippen molar-refractivity contribution in [3.8, 4) is 5.95 Å². The highest BCUT2D eigenvalue weighted by atomic mass is 19.3. The number of para-hydroxylation sites is 2. The molecule has 0 aliphatic carbocycles. The molecule has 4 N–H and O–H groups in total. The van der Waals surface area contributed by atoms with E-state index >= 15 is 0 Å². The number of nitrogens with two attached hydrogens (primary N) is 2. The van der Waals surface area contributed by atoms with E-state index in [4.69, 9.17) is 16.2 Å². The predicted molar refractivity (Wildman–Crippen MR) is 113 cm³/mol. The van der Waals surface area contributed by atoms with Gasteiger partial charge in [0.25, 0.3) is 6.43 Å². The molecule has 1 aromatic carbocycles. The number of guanidine groups is 1. The van der Waals surface area contributed by atoms with Crippen molar-refractivity contribution in [2.24, 2.45) is 21.5 Å². The van der Waals surface area contributed by atoms with Gasteiger partial charge in [-0.05, 0) is 12.1 Å². The van der Waals surface area contributed by atoms with Gasteiger partial charge >= 0.3 is 0 Å². The molecule has 0 amide bonds. The second-order valence-electron chi connectivity index (χ2n) is 7.43. The molecular formula is C19H20F2N10O. The highest BCUT2D eigenvalue weighted by molar-refractivity contribution is 5.91. The van der Waals surface area contributed by atoms with Gasteiger partial charge in [-0.3, -0.25) is 4.57 Å². The Labute approximate surface area is 180 Å². The van der Waals surface area contributed by atoms with E-state index in [1.54, 1.807) is 24.3 Å². The van der Waals surface area contributed by atoms with Gasteiger partial charge in [0.1, 0.15) is 5.54 Å². The number of halogens is 2. The molecule has 1 unspecified atom stereocenters. The van der Waals surface area contributed by atoms with Gasteiger partial charge in [-0.25, -0.2) is 23.7 Å². The topological polar surface area (TPSA) is 146 Å². The number of anilines is 1. The van der Waals surface area contributed by atoms with Gasteiger partial charge in [-0.1, -0.05) is 12.1 Å². The van der Waals surface area contributed by atoms with Crippen LogP contribution in [0.2, 0.25) is 0 Å². The van der Waals surface area contributed by atoms with Gasteiger partial charge in [0, 0.05) is 19.3 Å². The van der Waals surface area contributed by atoms with Crippen LogP contribution in [0.15, 0.2) is 34.3 Å². The molecule has 13 heteroatoms. The van der Waals surface area contributed by atoms with Crippen molar-refractivity contribution < 1.29 is 13.5 Å². The zero-order valence-corrected chi connectivity index (χ0v) is 16.9. The second kappa shape index (κ2) is 7.84. The molecule has 11 nitrogen and oxygen atoms in total. The first-order chi connectivity index (χ1) is 15.4. The summed E-state index contributed by atoms with van der Waals surface area (Å²) < 4.78 is 34.5. The average molecular weight is 442 g/mol. The first-order valence-corrected chi connectivity index (χ1v) is 9.94. The Kier molecular flexibility index (Phi) is 4.98. The van der Waals surface area contributed by atoms with E-state index in [0.717, 1.165) is 0 Å². The Hall–Kier alpha value is -3.58. The van der Waals surface area contributed by atoms with Crippen molar-refractivity contribution in [1.82, 2.24) is 24.5 Å². The highest BCUT2D eigenvalue weighted by Crippen LogP contribution is 2.28. The van der Waals surface area contributed by atoms with Crippen molar-refractivity contribution in [2.45, 2.75) is 12.0 Å². The van der Waals surface area contributed by atoms with Crippen molar-refractivity contribution in [1.29, 1.82) is 0 Å². The van der Waals surface area contributed by atoms with Crippen molar-refractivity contribution in [3.63, 3.8) is 0 Å². The number of aromatic nitrogens is 5. The van der Waals surface area contributed by atoms with Crippen LogP contribution in [0.4, 0.5) is 14.7 Å². The smallest absolute Gasteiger partial charge is 0.296 e. The third-order valence-electron chi connectivity index (χ3n) is 5.23. The summed E-state index contributed by atoms with van der Waals surface area (Å²) in [6.07, 6.45) is -1.43. The normalized spacial score (nSPS) is 21.4. The lowest BCUT2D eigenvalue weighted by Gasteiger charge is -2.29. The van der Waals surface area contributed by atoms with E-state index in [0.29, 0.717) is 43.3 Å². The van der Waals surface area contributed by atoms with E-state index in [2.05, 4.69) is 29.9 Å². The number of alkyl halides is 2. The summed E-state index contributed by atoms with van der Waals surface area (Å²) in [5.74, 6) is 0.0477. The second-order valence-corrected chi connectivity index (χ2v) is 7.43. The fraction of sp³-hybridized carbons (Fsp3) is 0.368. The molecule has 32 heavy (non-hydrogen) atoms. The van der Waals surface area contributed by atoms with Gasteiger partial charge in [-0.15, -0.1) is 0 Å². The number of hydrogen-bond donors (Lipinski definition) is 2. The monoisotopic (exact) mass is 442 g/mol. The molecule has 2 aliphatic rings. The molecule has 2 aliphatic heterocycles. The van der Waals surface area contributed by atoms with Gasteiger partial charge in [0.2, 0.25) is 17.9 Å². The molecule has 3 aromatic rings. The van der Waals surface area contributed by atoms with Crippen LogP contribution in [0.1, 0.15) is 18.1 Å². The average Bonchev–Trinajstić information content (AvgIpc) is 3.21. The Balaban J connectivity index is 1.72. The highest BCUT2D eigenvalue weighted by Gasteiger charge is 2.34. The summed E-state index contributed by atoms with van der Waals surface area (Å²) in [5, 5.41) is 0. The van der Waals surface area contributed by atoms with Crippen LogP contribution in [-0.2, 0) is 10.3 Å². The number of ether oxygens (including phenoxy) is 1. The fourth-order valence-electron chi connectivity index (χ4n) is 3.57. The molecule has 166 valence electrons. The molecule has 4 heterocycles. The van der Waals surface area contributed by atoms with Gasteiger partial charge in [-0.2, -0.15) is 15.0 Å². The van der Waals surface area contributed by atoms with E-state index in [1.807, 2.05) is 4.90 Å². The lowest BCUT2D eigenvalue weighted by Crippen LogP contribution is -2.47. The standard InChI is InChI=1S/C19H20F2N10O/c20-13(21)14-26-11-3-1-2-4-12(11)31(14)18-28-15(19(23)9-24-16(22)25-10-19)27-17(29-18)30-5-7-32-8-6-30/h1-4,9,13H,5-8,10,23H2,(H2,22,25). The van der Waals surface area contributed by atoms with E-state index < -0.39 is 17.8 Å². The maximum atomic E-state index is 13.9. The van der Waals surface area contributed by atoms with Crippen molar-refractivity contribution >= 4 is 29.2 Å². The van der Waals surface area contributed by atoms with Crippen LogP contribution < -0.4 is 16.4 Å². The molecule has 0 saturated carbocycles. The number of hydrogen-bond acceptors (Lipinski definition) is 10. The third kappa shape index (κ3) is 3.54. The van der Waals surface area contributed by atoms with Crippen molar-refractivity contribution in [3.05, 3.63) is 35.9 Å². The molecule has 0 radical (unpaired) electrons. The molecule has 0 spiro atoms. The number of rotatable bonds is 4. The maximum absolute atomic E-state index is 13.9. The molecular weight excluding hydrogens is 422 g/mol. The Bertz CT molecular complexity index is 1220. The van der Waals surface area contributed by atoms with Crippen LogP contribution in [0.25, 0.3) is 17.0 Å². The lowest BCUT2D eigenvalue weighted by atomic mass is 10.0. The molecule has 5 rings (SSSR count). The molecule has 2 aromatic heterocycles.